The third-order valence-corrected chi connectivity index (χ3v) is 3.84. The van der Waals surface area contributed by atoms with Crippen LogP contribution in [-0.4, -0.2) is 18.2 Å². The van der Waals surface area contributed by atoms with Gasteiger partial charge >= 0.3 is 0 Å². The van der Waals surface area contributed by atoms with Gasteiger partial charge in [-0.25, -0.2) is 0 Å². The van der Waals surface area contributed by atoms with E-state index in [-0.39, 0.29) is 11.6 Å². The lowest BCUT2D eigenvalue weighted by Crippen LogP contribution is -2.52. The van der Waals surface area contributed by atoms with Crippen LogP contribution in [0.5, 0.6) is 0 Å². The standard InChI is InChI=1S/C11H19ClN2OS/c1-4-15-11(2,3)9(14-13)7-8-5-6-10(12)16-8/h5-6,9,14H,4,7,13H2,1-3H3. The van der Waals surface area contributed by atoms with Gasteiger partial charge in [0.15, 0.2) is 0 Å². The molecular formula is C11H19ClN2OS. The fourth-order valence-corrected chi connectivity index (χ4v) is 2.77. The molecule has 0 radical (unpaired) electrons. The molecule has 3 nitrogen and oxygen atoms in total. The molecule has 0 bridgehead atoms. The van der Waals surface area contributed by atoms with Crippen molar-refractivity contribution < 1.29 is 4.74 Å². The summed E-state index contributed by atoms with van der Waals surface area (Å²) < 4.78 is 6.50. The van der Waals surface area contributed by atoms with Gasteiger partial charge in [0.25, 0.3) is 0 Å². The predicted molar refractivity (Wildman–Crippen MR) is 69.8 cm³/mol. The Balaban J connectivity index is 2.68. The summed E-state index contributed by atoms with van der Waals surface area (Å²) in [5, 5.41) is 0. The van der Waals surface area contributed by atoms with Crippen molar-refractivity contribution in [3.63, 3.8) is 0 Å². The average molecular weight is 263 g/mol. The molecule has 0 saturated carbocycles. The number of hydrogen-bond acceptors (Lipinski definition) is 4. The summed E-state index contributed by atoms with van der Waals surface area (Å²) in [6, 6.07) is 4.00. The van der Waals surface area contributed by atoms with Crippen molar-refractivity contribution in [3.05, 3.63) is 21.3 Å². The Bertz CT molecular complexity index is 328. The Kier molecular flexibility index (Phi) is 5.21. The number of ether oxygens (including phenoxy) is 1. The van der Waals surface area contributed by atoms with Crippen LogP contribution in [0, 0.1) is 0 Å². The molecule has 0 aromatic carbocycles. The van der Waals surface area contributed by atoms with Crippen LogP contribution < -0.4 is 11.3 Å². The molecular weight excluding hydrogens is 244 g/mol. The fourth-order valence-electron chi connectivity index (χ4n) is 1.64. The summed E-state index contributed by atoms with van der Waals surface area (Å²) in [4.78, 5) is 1.21. The predicted octanol–water partition coefficient (Wildman–Crippen LogP) is 2.59. The number of nitrogens with two attached hydrogens (primary N) is 1. The third-order valence-electron chi connectivity index (χ3n) is 2.59. The summed E-state index contributed by atoms with van der Waals surface area (Å²) in [6.07, 6.45) is 0.820. The second-order valence-corrected chi connectivity index (χ2v) is 5.97. The largest absolute Gasteiger partial charge is 0.374 e. The number of halogens is 1. The molecule has 0 spiro atoms. The molecule has 0 aliphatic heterocycles. The minimum atomic E-state index is -0.292. The SMILES string of the molecule is CCOC(C)(C)C(Cc1ccc(Cl)s1)NN. The second-order valence-electron chi connectivity index (χ2n) is 4.17. The molecule has 1 aromatic rings. The van der Waals surface area contributed by atoms with Crippen LogP contribution in [0.3, 0.4) is 0 Å². The smallest absolute Gasteiger partial charge is 0.0931 e. The van der Waals surface area contributed by atoms with Gasteiger partial charge in [-0.2, -0.15) is 0 Å². The van der Waals surface area contributed by atoms with Gasteiger partial charge in [-0.05, 0) is 32.9 Å². The zero-order valence-corrected chi connectivity index (χ0v) is 11.5. The molecule has 3 N–H and O–H groups in total. The molecule has 16 heavy (non-hydrogen) atoms. The van der Waals surface area contributed by atoms with Crippen molar-refractivity contribution in [2.24, 2.45) is 5.84 Å². The first-order valence-electron chi connectivity index (χ1n) is 5.34. The van der Waals surface area contributed by atoms with Gasteiger partial charge in [0.1, 0.15) is 0 Å². The van der Waals surface area contributed by atoms with Crippen molar-refractivity contribution in [2.75, 3.05) is 6.61 Å². The zero-order chi connectivity index (χ0) is 12.2. The van der Waals surface area contributed by atoms with Crippen LogP contribution in [0.25, 0.3) is 0 Å². The molecule has 0 amide bonds. The summed E-state index contributed by atoms with van der Waals surface area (Å²) in [6.45, 7) is 6.74. The number of hydrogen-bond donors (Lipinski definition) is 2. The Morgan fingerprint density at radius 3 is 2.69 bits per heavy atom. The quantitative estimate of drug-likeness (QED) is 0.612. The van der Waals surface area contributed by atoms with Crippen LogP contribution in [-0.2, 0) is 11.2 Å². The molecule has 1 rings (SSSR count). The van der Waals surface area contributed by atoms with Crippen LogP contribution in [0.2, 0.25) is 4.34 Å². The molecule has 1 atom stereocenters. The lowest BCUT2D eigenvalue weighted by Gasteiger charge is -2.33. The molecule has 0 fully saturated rings. The van der Waals surface area contributed by atoms with Gasteiger partial charge in [0.05, 0.1) is 16.0 Å². The summed E-state index contributed by atoms with van der Waals surface area (Å²) in [5.74, 6) is 5.59. The van der Waals surface area contributed by atoms with Gasteiger partial charge in [0, 0.05) is 17.9 Å². The minimum Gasteiger partial charge on any atom is -0.374 e. The molecule has 1 unspecified atom stereocenters. The van der Waals surface area contributed by atoms with E-state index in [0.717, 1.165) is 10.8 Å². The van der Waals surface area contributed by atoms with Gasteiger partial charge in [-0.15, -0.1) is 11.3 Å². The maximum atomic E-state index is 5.90. The van der Waals surface area contributed by atoms with Gasteiger partial charge in [0.2, 0.25) is 0 Å². The molecule has 5 heteroatoms. The van der Waals surface area contributed by atoms with Crippen molar-refractivity contribution in [2.45, 2.75) is 38.8 Å². The molecule has 92 valence electrons. The fraction of sp³-hybridized carbons (Fsp3) is 0.636. The first kappa shape index (κ1) is 13.9. The van der Waals surface area contributed by atoms with E-state index in [1.54, 1.807) is 11.3 Å². The average Bonchev–Trinajstić information content (AvgIpc) is 2.60. The number of nitrogens with one attached hydrogen (secondary N) is 1. The highest BCUT2D eigenvalue weighted by atomic mass is 35.5. The monoisotopic (exact) mass is 262 g/mol. The van der Waals surface area contributed by atoms with Crippen molar-refractivity contribution in [1.29, 1.82) is 0 Å². The van der Waals surface area contributed by atoms with Gasteiger partial charge < -0.3 is 4.74 Å². The van der Waals surface area contributed by atoms with E-state index >= 15 is 0 Å². The lowest BCUT2D eigenvalue weighted by atomic mass is 9.95. The third kappa shape index (κ3) is 3.71. The van der Waals surface area contributed by atoms with Crippen molar-refractivity contribution in [1.82, 2.24) is 5.43 Å². The van der Waals surface area contributed by atoms with E-state index in [9.17, 15) is 0 Å². The van der Waals surface area contributed by atoms with Gasteiger partial charge in [-0.1, -0.05) is 11.6 Å². The normalized spacial score (nSPS) is 14.1. The Hall–Kier alpha value is -0.130. The van der Waals surface area contributed by atoms with Crippen LogP contribution in [0.15, 0.2) is 12.1 Å². The topological polar surface area (TPSA) is 47.3 Å². The van der Waals surface area contributed by atoms with E-state index in [2.05, 4.69) is 5.43 Å². The van der Waals surface area contributed by atoms with Crippen LogP contribution >= 0.6 is 22.9 Å². The van der Waals surface area contributed by atoms with Gasteiger partial charge in [-0.3, -0.25) is 11.3 Å². The molecule has 1 aromatic heterocycles. The first-order chi connectivity index (χ1) is 7.49. The minimum absolute atomic E-state index is 0.0715. The lowest BCUT2D eigenvalue weighted by molar-refractivity contribution is -0.0379. The van der Waals surface area contributed by atoms with E-state index in [0.29, 0.717) is 6.61 Å². The molecule has 0 saturated heterocycles. The second kappa shape index (κ2) is 5.98. The van der Waals surface area contributed by atoms with Crippen LogP contribution in [0.1, 0.15) is 25.6 Å². The van der Waals surface area contributed by atoms with Crippen molar-refractivity contribution in [3.8, 4) is 0 Å². The molecule has 1 heterocycles. The number of rotatable bonds is 6. The zero-order valence-electron chi connectivity index (χ0n) is 9.92. The Morgan fingerprint density at radius 2 is 2.25 bits per heavy atom. The summed E-state index contributed by atoms with van der Waals surface area (Å²) in [7, 11) is 0. The van der Waals surface area contributed by atoms with Crippen LogP contribution in [0.4, 0.5) is 0 Å². The van der Waals surface area contributed by atoms with E-state index in [4.69, 9.17) is 22.2 Å². The number of thiophene rings is 1. The highest BCUT2D eigenvalue weighted by molar-refractivity contribution is 7.16. The highest BCUT2D eigenvalue weighted by Crippen LogP contribution is 2.25. The maximum Gasteiger partial charge on any atom is 0.0931 e. The molecule has 0 aliphatic rings. The van der Waals surface area contributed by atoms with E-state index in [1.165, 1.54) is 4.88 Å². The van der Waals surface area contributed by atoms with Crippen molar-refractivity contribution >= 4 is 22.9 Å². The molecule has 0 aliphatic carbocycles. The van der Waals surface area contributed by atoms with E-state index in [1.807, 2.05) is 32.9 Å². The Morgan fingerprint density at radius 1 is 1.56 bits per heavy atom. The number of hydrazine groups is 1. The van der Waals surface area contributed by atoms with E-state index < -0.39 is 0 Å². The summed E-state index contributed by atoms with van der Waals surface area (Å²) in [5.41, 5.74) is 2.53. The summed E-state index contributed by atoms with van der Waals surface area (Å²) >= 11 is 7.48. The maximum absolute atomic E-state index is 5.90. The highest BCUT2D eigenvalue weighted by Gasteiger charge is 2.29. The Labute approximate surface area is 106 Å². The first-order valence-corrected chi connectivity index (χ1v) is 6.53.